The van der Waals surface area contributed by atoms with E-state index in [-0.39, 0.29) is 28.6 Å². The summed E-state index contributed by atoms with van der Waals surface area (Å²) in [6.07, 6.45) is 3.40. The zero-order valence-corrected chi connectivity index (χ0v) is 14.1. The van der Waals surface area contributed by atoms with Crippen molar-refractivity contribution in [1.29, 1.82) is 0 Å². The second-order valence-electron chi connectivity index (χ2n) is 5.70. The molecule has 1 atom stereocenters. The lowest BCUT2D eigenvalue weighted by Crippen LogP contribution is -2.37. The molecule has 4 nitrogen and oxygen atoms in total. The summed E-state index contributed by atoms with van der Waals surface area (Å²) in [5, 5.41) is 4.13. The minimum Gasteiger partial charge on any atom is -0.274 e. The Morgan fingerprint density at radius 3 is 2.74 bits per heavy atom. The summed E-state index contributed by atoms with van der Waals surface area (Å²) >= 11 is 11.7. The van der Waals surface area contributed by atoms with E-state index in [1.54, 1.807) is 12.1 Å². The van der Waals surface area contributed by atoms with Gasteiger partial charge in [0.15, 0.2) is 0 Å². The van der Waals surface area contributed by atoms with E-state index in [0.29, 0.717) is 11.6 Å². The molecule has 23 heavy (non-hydrogen) atoms. The smallest absolute Gasteiger partial charge is 0.274 e. The van der Waals surface area contributed by atoms with Crippen molar-refractivity contribution in [3.8, 4) is 0 Å². The van der Waals surface area contributed by atoms with Gasteiger partial charge in [0, 0.05) is 17.6 Å². The van der Waals surface area contributed by atoms with E-state index in [1.807, 2.05) is 13.0 Å². The SMILES string of the molecule is C[C@H](c1ccccc1F)N(Cn1ncc(Cl)c(Cl)c1=O)C1CC1. The molecule has 0 bridgehead atoms. The van der Waals surface area contributed by atoms with Gasteiger partial charge in [0.2, 0.25) is 0 Å². The first-order chi connectivity index (χ1) is 11.0. The molecular weight excluding hydrogens is 340 g/mol. The van der Waals surface area contributed by atoms with Crippen LogP contribution < -0.4 is 5.56 Å². The average Bonchev–Trinajstić information content (AvgIpc) is 3.37. The van der Waals surface area contributed by atoms with Crippen molar-refractivity contribution >= 4 is 23.2 Å². The first-order valence-electron chi connectivity index (χ1n) is 7.40. The zero-order valence-electron chi connectivity index (χ0n) is 12.5. The molecule has 1 heterocycles. The number of aromatic nitrogens is 2. The van der Waals surface area contributed by atoms with E-state index in [9.17, 15) is 9.18 Å². The van der Waals surface area contributed by atoms with E-state index >= 15 is 0 Å². The van der Waals surface area contributed by atoms with Crippen LogP contribution in [-0.2, 0) is 6.67 Å². The molecular formula is C16H16Cl2FN3O. The average molecular weight is 356 g/mol. The fourth-order valence-corrected chi connectivity index (χ4v) is 2.92. The molecule has 0 spiro atoms. The van der Waals surface area contributed by atoms with E-state index in [1.165, 1.54) is 16.9 Å². The minimum absolute atomic E-state index is 0.0454. The molecule has 0 N–H and O–H groups in total. The summed E-state index contributed by atoms with van der Waals surface area (Å²) in [5.74, 6) is -0.250. The molecule has 1 aliphatic rings. The van der Waals surface area contributed by atoms with Gasteiger partial charge >= 0.3 is 0 Å². The molecule has 0 aliphatic heterocycles. The predicted molar refractivity (Wildman–Crippen MR) is 88.2 cm³/mol. The molecule has 0 radical (unpaired) electrons. The van der Waals surface area contributed by atoms with Crippen molar-refractivity contribution in [2.75, 3.05) is 0 Å². The Hall–Kier alpha value is -1.43. The molecule has 1 fully saturated rings. The highest BCUT2D eigenvalue weighted by atomic mass is 35.5. The lowest BCUT2D eigenvalue weighted by molar-refractivity contribution is 0.137. The Morgan fingerprint density at radius 1 is 1.39 bits per heavy atom. The van der Waals surface area contributed by atoms with Crippen LogP contribution in [-0.4, -0.2) is 20.7 Å². The van der Waals surface area contributed by atoms with Gasteiger partial charge in [-0.1, -0.05) is 41.4 Å². The zero-order chi connectivity index (χ0) is 16.6. The van der Waals surface area contributed by atoms with Gasteiger partial charge in [-0.25, -0.2) is 9.07 Å². The molecule has 1 aromatic heterocycles. The van der Waals surface area contributed by atoms with Crippen LogP contribution in [0, 0.1) is 5.82 Å². The van der Waals surface area contributed by atoms with Crippen molar-refractivity contribution in [3.63, 3.8) is 0 Å². The van der Waals surface area contributed by atoms with Crippen molar-refractivity contribution in [2.45, 2.75) is 38.5 Å². The van der Waals surface area contributed by atoms with Gasteiger partial charge in [0.25, 0.3) is 5.56 Å². The number of halogens is 3. The quantitative estimate of drug-likeness (QED) is 0.816. The van der Waals surface area contributed by atoms with Crippen molar-refractivity contribution < 1.29 is 4.39 Å². The third-order valence-corrected chi connectivity index (χ3v) is 4.86. The Kier molecular flexibility index (Phi) is 4.71. The lowest BCUT2D eigenvalue weighted by atomic mass is 10.1. The summed E-state index contributed by atoms with van der Waals surface area (Å²) in [4.78, 5) is 14.2. The van der Waals surface area contributed by atoms with E-state index < -0.39 is 5.56 Å². The second kappa shape index (κ2) is 6.59. The molecule has 1 saturated carbocycles. The maximum Gasteiger partial charge on any atom is 0.288 e. The highest BCUT2D eigenvalue weighted by Crippen LogP contribution is 2.35. The van der Waals surface area contributed by atoms with Gasteiger partial charge < -0.3 is 0 Å². The number of hydrogen-bond acceptors (Lipinski definition) is 3. The van der Waals surface area contributed by atoms with Gasteiger partial charge in [-0.15, -0.1) is 0 Å². The van der Waals surface area contributed by atoms with Crippen LogP contribution in [0.3, 0.4) is 0 Å². The lowest BCUT2D eigenvalue weighted by Gasteiger charge is -2.29. The van der Waals surface area contributed by atoms with Gasteiger partial charge in [0.05, 0.1) is 17.9 Å². The molecule has 2 aromatic rings. The Morgan fingerprint density at radius 2 is 2.09 bits per heavy atom. The topological polar surface area (TPSA) is 38.1 Å². The normalized spacial score (nSPS) is 15.9. The van der Waals surface area contributed by atoms with Crippen LogP contribution in [0.15, 0.2) is 35.3 Å². The summed E-state index contributed by atoms with van der Waals surface area (Å²) in [7, 11) is 0. The molecule has 1 aromatic carbocycles. The third kappa shape index (κ3) is 3.42. The maximum atomic E-state index is 14.1. The van der Waals surface area contributed by atoms with E-state index in [4.69, 9.17) is 23.2 Å². The minimum atomic E-state index is -0.439. The Labute approximate surface area is 143 Å². The number of benzene rings is 1. The molecule has 7 heteroatoms. The van der Waals surface area contributed by atoms with Crippen molar-refractivity contribution in [1.82, 2.24) is 14.7 Å². The Balaban J connectivity index is 1.90. The summed E-state index contributed by atoms with van der Waals surface area (Å²) in [6.45, 7) is 2.18. The molecule has 1 aliphatic carbocycles. The first kappa shape index (κ1) is 16.4. The second-order valence-corrected chi connectivity index (χ2v) is 6.48. The first-order valence-corrected chi connectivity index (χ1v) is 8.16. The molecule has 3 rings (SSSR count). The van der Waals surface area contributed by atoms with Crippen molar-refractivity contribution in [2.24, 2.45) is 0 Å². The van der Waals surface area contributed by atoms with Gasteiger partial charge in [-0.2, -0.15) is 5.10 Å². The Bertz CT molecular complexity index is 776. The summed E-state index contributed by atoms with van der Waals surface area (Å²) in [5.41, 5.74) is 0.165. The summed E-state index contributed by atoms with van der Waals surface area (Å²) in [6, 6.07) is 6.82. The molecule has 0 unspecified atom stereocenters. The number of nitrogens with zero attached hydrogens (tertiary/aromatic N) is 3. The van der Waals surface area contributed by atoms with Crippen LogP contribution in [0.5, 0.6) is 0 Å². The maximum absolute atomic E-state index is 14.1. The number of rotatable bonds is 5. The van der Waals surface area contributed by atoms with Crippen molar-refractivity contribution in [3.05, 3.63) is 62.2 Å². The highest BCUT2D eigenvalue weighted by Gasteiger charge is 2.34. The number of hydrogen-bond donors (Lipinski definition) is 0. The standard InChI is InChI=1S/C16H16Cl2FN3O/c1-10(12-4-2-3-5-14(12)19)21(11-6-7-11)9-22-16(23)15(18)13(17)8-20-22/h2-5,8,10-11H,6-7,9H2,1H3/t10-/m1/s1. The summed E-state index contributed by atoms with van der Waals surface area (Å²) < 4.78 is 15.3. The largest absolute Gasteiger partial charge is 0.288 e. The fraction of sp³-hybridized carbons (Fsp3) is 0.375. The molecule has 0 saturated heterocycles. The third-order valence-electron chi connectivity index (χ3n) is 4.11. The molecule has 122 valence electrons. The van der Waals surface area contributed by atoms with Crippen LogP contribution >= 0.6 is 23.2 Å². The van der Waals surface area contributed by atoms with Crippen LogP contribution in [0.25, 0.3) is 0 Å². The van der Waals surface area contributed by atoms with E-state index in [0.717, 1.165) is 12.8 Å². The van der Waals surface area contributed by atoms with Crippen LogP contribution in [0.2, 0.25) is 10.0 Å². The predicted octanol–water partition coefficient (Wildman–Crippen LogP) is 3.87. The van der Waals surface area contributed by atoms with Gasteiger partial charge in [-0.3, -0.25) is 9.69 Å². The van der Waals surface area contributed by atoms with Crippen LogP contribution in [0.4, 0.5) is 4.39 Å². The van der Waals surface area contributed by atoms with Crippen LogP contribution in [0.1, 0.15) is 31.4 Å². The highest BCUT2D eigenvalue weighted by molar-refractivity contribution is 6.41. The monoisotopic (exact) mass is 355 g/mol. The fourth-order valence-electron chi connectivity index (χ4n) is 2.65. The van der Waals surface area contributed by atoms with Gasteiger partial charge in [0.1, 0.15) is 10.8 Å². The molecule has 0 amide bonds. The van der Waals surface area contributed by atoms with Gasteiger partial charge in [-0.05, 0) is 25.8 Å². The van der Waals surface area contributed by atoms with E-state index in [2.05, 4.69) is 10.00 Å².